The number of amides is 1. The highest BCUT2D eigenvalue weighted by Gasteiger charge is 2.14. The Labute approximate surface area is 118 Å². The molecule has 1 aromatic carbocycles. The fourth-order valence-corrected chi connectivity index (χ4v) is 1.58. The van der Waals surface area contributed by atoms with Crippen molar-refractivity contribution in [3.63, 3.8) is 0 Å². The SMILES string of the molecule is C=C(C)C(=O)OC(C)NC(=O)Oc1cc(C)cc(C)c1. The number of hydrogen-bond acceptors (Lipinski definition) is 4. The third-order valence-electron chi connectivity index (χ3n) is 2.36. The molecule has 1 atom stereocenters. The molecule has 1 amide bonds. The quantitative estimate of drug-likeness (QED) is 0.522. The van der Waals surface area contributed by atoms with Crippen molar-refractivity contribution in [2.75, 3.05) is 0 Å². The van der Waals surface area contributed by atoms with E-state index in [1.165, 1.54) is 13.8 Å². The molecule has 0 fully saturated rings. The maximum absolute atomic E-state index is 11.6. The highest BCUT2D eigenvalue weighted by molar-refractivity contribution is 5.87. The third-order valence-corrected chi connectivity index (χ3v) is 2.36. The van der Waals surface area contributed by atoms with E-state index in [9.17, 15) is 9.59 Å². The molecule has 5 nitrogen and oxygen atoms in total. The molecule has 1 aromatic rings. The molecule has 0 saturated heterocycles. The molecule has 0 radical (unpaired) electrons. The van der Waals surface area contributed by atoms with Crippen LogP contribution in [0.25, 0.3) is 0 Å². The van der Waals surface area contributed by atoms with E-state index in [4.69, 9.17) is 9.47 Å². The van der Waals surface area contributed by atoms with E-state index in [1.807, 2.05) is 19.9 Å². The number of rotatable bonds is 4. The van der Waals surface area contributed by atoms with Crippen LogP contribution in [0.5, 0.6) is 5.75 Å². The van der Waals surface area contributed by atoms with E-state index in [2.05, 4.69) is 11.9 Å². The van der Waals surface area contributed by atoms with Crippen LogP contribution in [-0.2, 0) is 9.53 Å². The Morgan fingerprint density at radius 2 is 1.75 bits per heavy atom. The van der Waals surface area contributed by atoms with Crippen molar-refractivity contribution >= 4 is 12.1 Å². The molecule has 0 aliphatic carbocycles. The van der Waals surface area contributed by atoms with Gasteiger partial charge in [0.05, 0.1) is 0 Å². The molecule has 0 saturated carbocycles. The lowest BCUT2D eigenvalue weighted by atomic mass is 10.1. The molecule has 0 aliphatic rings. The molecule has 5 heteroatoms. The summed E-state index contributed by atoms with van der Waals surface area (Å²) in [6.45, 7) is 10.3. The molecule has 20 heavy (non-hydrogen) atoms. The molecule has 1 unspecified atom stereocenters. The first-order chi connectivity index (χ1) is 9.27. The van der Waals surface area contributed by atoms with Crippen LogP contribution in [0.15, 0.2) is 30.4 Å². The lowest BCUT2D eigenvalue weighted by molar-refractivity contribution is -0.144. The van der Waals surface area contributed by atoms with Crippen LogP contribution in [0, 0.1) is 13.8 Å². The van der Waals surface area contributed by atoms with E-state index in [1.54, 1.807) is 12.1 Å². The largest absolute Gasteiger partial charge is 0.439 e. The number of benzene rings is 1. The zero-order chi connectivity index (χ0) is 15.3. The van der Waals surface area contributed by atoms with Crippen LogP contribution in [0.1, 0.15) is 25.0 Å². The average Bonchev–Trinajstić information content (AvgIpc) is 2.26. The second-order valence-electron chi connectivity index (χ2n) is 4.69. The van der Waals surface area contributed by atoms with Crippen LogP contribution >= 0.6 is 0 Å². The Bertz CT molecular complexity index is 516. The van der Waals surface area contributed by atoms with Gasteiger partial charge in [0, 0.05) is 5.57 Å². The number of carbonyl (C=O) groups is 2. The molecule has 0 bridgehead atoms. The van der Waals surface area contributed by atoms with Gasteiger partial charge in [-0.2, -0.15) is 0 Å². The molecular formula is C15H19NO4. The molecule has 0 heterocycles. The van der Waals surface area contributed by atoms with Gasteiger partial charge in [-0.3, -0.25) is 5.32 Å². The smallest absolute Gasteiger partial charge is 0.415 e. The minimum atomic E-state index is -0.794. The van der Waals surface area contributed by atoms with Gasteiger partial charge in [-0.1, -0.05) is 12.6 Å². The van der Waals surface area contributed by atoms with Crippen molar-refractivity contribution in [1.82, 2.24) is 5.32 Å². The third kappa shape index (κ3) is 5.14. The highest BCUT2D eigenvalue weighted by atomic mass is 16.6. The first-order valence-electron chi connectivity index (χ1n) is 6.21. The summed E-state index contributed by atoms with van der Waals surface area (Å²) >= 11 is 0. The predicted octanol–water partition coefficient (Wildman–Crippen LogP) is 2.86. The maximum atomic E-state index is 11.6. The van der Waals surface area contributed by atoms with Crippen molar-refractivity contribution in [1.29, 1.82) is 0 Å². The van der Waals surface area contributed by atoms with Crippen LogP contribution in [-0.4, -0.2) is 18.3 Å². The standard InChI is InChI=1S/C15H19NO4/c1-9(2)14(17)19-12(5)16-15(18)20-13-7-10(3)6-11(4)8-13/h6-8,12H,1H2,2-5H3,(H,16,18). The predicted molar refractivity (Wildman–Crippen MR) is 75.4 cm³/mol. The van der Waals surface area contributed by atoms with Gasteiger partial charge in [-0.15, -0.1) is 0 Å². The normalized spacial score (nSPS) is 11.4. The number of hydrogen-bond donors (Lipinski definition) is 1. The molecule has 0 spiro atoms. The number of esters is 1. The monoisotopic (exact) mass is 277 g/mol. The van der Waals surface area contributed by atoms with Gasteiger partial charge in [-0.25, -0.2) is 9.59 Å². The summed E-state index contributed by atoms with van der Waals surface area (Å²) in [5, 5.41) is 2.41. The van der Waals surface area contributed by atoms with Crippen molar-refractivity contribution in [2.24, 2.45) is 0 Å². The van der Waals surface area contributed by atoms with E-state index >= 15 is 0 Å². The van der Waals surface area contributed by atoms with Gasteiger partial charge < -0.3 is 9.47 Å². The highest BCUT2D eigenvalue weighted by Crippen LogP contribution is 2.16. The Hall–Kier alpha value is -2.30. The summed E-state index contributed by atoms with van der Waals surface area (Å²) < 4.78 is 10.0. The Morgan fingerprint density at radius 1 is 1.20 bits per heavy atom. The zero-order valence-electron chi connectivity index (χ0n) is 12.1. The summed E-state index contributed by atoms with van der Waals surface area (Å²) in [4.78, 5) is 22.9. The molecule has 1 N–H and O–H groups in total. The summed E-state index contributed by atoms with van der Waals surface area (Å²) in [5.74, 6) is -0.123. The van der Waals surface area contributed by atoms with Crippen LogP contribution in [0.2, 0.25) is 0 Å². The average molecular weight is 277 g/mol. The molecular weight excluding hydrogens is 258 g/mol. The van der Waals surface area contributed by atoms with Crippen molar-refractivity contribution < 1.29 is 19.1 Å². The van der Waals surface area contributed by atoms with Gasteiger partial charge in [-0.05, 0) is 51.0 Å². The van der Waals surface area contributed by atoms with Crippen molar-refractivity contribution in [3.8, 4) is 5.75 Å². The number of nitrogens with one attached hydrogen (secondary N) is 1. The topological polar surface area (TPSA) is 64.6 Å². The lowest BCUT2D eigenvalue weighted by Crippen LogP contribution is -2.38. The summed E-state index contributed by atoms with van der Waals surface area (Å²) in [5.41, 5.74) is 2.26. The minimum Gasteiger partial charge on any atom is -0.439 e. The summed E-state index contributed by atoms with van der Waals surface area (Å²) in [7, 11) is 0. The minimum absolute atomic E-state index is 0.265. The van der Waals surface area contributed by atoms with Crippen molar-refractivity contribution in [3.05, 3.63) is 41.5 Å². The van der Waals surface area contributed by atoms with Gasteiger partial charge in [0.2, 0.25) is 0 Å². The number of ether oxygens (including phenoxy) is 2. The molecule has 108 valence electrons. The van der Waals surface area contributed by atoms with Crippen LogP contribution in [0.4, 0.5) is 4.79 Å². The van der Waals surface area contributed by atoms with Gasteiger partial charge in [0.1, 0.15) is 5.75 Å². The van der Waals surface area contributed by atoms with E-state index in [-0.39, 0.29) is 5.57 Å². The molecule has 0 aromatic heterocycles. The fraction of sp³-hybridized carbons (Fsp3) is 0.333. The Balaban J connectivity index is 2.55. The lowest BCUT2D eigenvalue weighted by Gasteiger charge is -2.15. The zero-order valence-corrected chi connectivity index (χ0v) is 12.1. The fourth-order valence-electron chi connectivity index (χ4n) is 1.58. The van der Waals surface area contributed by atoms with Gasteiger partial charge in [0.25, 0.3) is 0 Å². The van der Waals surface area contributed by atoms with Gasteiger partial charge >= 0.3 is 12.1 Å². The number of aryl methyl sites for hydroxylation is 2. The van der Waals surface area contributed by atoms with Crippen LogP contribution < -0.4 is 10.1 Å². The van der Waals surface area contributed by atoms with E-state index < -0.39 is 18.3 Å². The second-order valence-corrected chi connectivity index (χ2v) is 4.69. The summed E-state index contributed by atoms with van der Waals surface area (Å²) in [6, 6.07) is 5.47. The second kappa shape index (κ2) is 6.75. The van der Waals surface area contributed by atoms with E-state index in [0.717, 1.165) is 11.1 Å². The summed E-state index contributed by atoms with van der Waals surface area (Å²) in [6.07, 6.45) is -1.48. The Morgan fingerprint density at radius 3 is 2.25 bits per heavy atom. The molecule has 1 rings (SSSR count). The Kier molecular flexibility index (Phi) is 5.32. The number of carbonyl (C=O) groups excluding carboxylic acids is 2. The first-order valence-corrected chi connectivity index (χ1v) is 6.21. The van der Waals surface area contributed by atoms with Crippen LogP contribution in [0.3, 0.4) is 0 Å². The first kappa shape index (κ1) is 15.8. The molecule has 0 aliphatic heterocycles. The van der Waals surface area contributed by atoms with Crippen molar-refractivity contribution in [2.45, 2.75) is 33.9 Å². The maximum Gasteiger partial charge on any atom is 0.415 e. The van der Waals surface area contributed by atoms with Gasteiger partial charge in [0.15, 0.2) is 6.23 Å². The van der Waals surface area contributed by atoms with E-state index in [0.29, 0.717) is 5.75 Å².